The SMILES string of the molecule is O=S(=O)(O)C1=CC=CCC1=S. The summed E-state index contributed by atoms with van der Waals surface area (Å²) in [4.78, 5) is 0.102. The Kier molecular flexibility index (Phi) is 2.22. The molecule has 1 aliphatic carbocycles. The monoisotopic (exact) mass is 190 g/mol. The van der Waals surface area contributed by atoms with Crippen molar-refractivity contribution in [2.75, 3.05) is 0 Å². The maximum absolute atomic E-state index is 10.6. The first kappa shape index (κ1) is 8.58. The first-order valence-corrected chi connectivity index (χ1v) is 4.74. The molecule has 0 saturated carbocycles. The Bertz CT molecular complexity index is 335. The van der Waals surface area contributed by atoms with Gasteiger partial charge < -0.3 is 0 Å². The lowest BCUT2D eigenvalue weighted by Crippen LogP contribution is -2.11. The van der Waals surface area contributed by atoms with Gasteiger partial charge in [0.25, 0.3) is 10.1 Å². The minimum Gasteiger partial charge on any atom is -0.282 e. The van der Waals surface area contributed by atoms with Crippen molar-refractivity contribution in [3.8, 4) is 0 Å². The van der Waals surface area contributed by atoms with E-state index in [1.54, 1.807) is 12.2 Å². The molecular weight excluding hydrogens is 184 g/mol. The van der Waals surface area contributed by atoms with Crippen LogP contribution in [0.5, 0.6) is 0 Å². The largest absolute Gasteiger partial charge is 0.295 e. The Morgan fingerprint density at radius 3 is 2.55 bits per heavy atom. The molecule has 0 saturated heterocycles. The van der Waals surface area contributed by atoms with Gasteiger partial charge in [-0.1, -0.05) is 24.4 Å². The predicted molar refractivity (Wildman–Crippen MR) is 46.0 cm³/mol. The highest BCUT2D eigenvalue weighted by molar-refractivity contribution is 7.93. The highest BCUT2D eigenvalue weighted by Crippen LogP contribution is 2.14. The Labute approximate surface area is 70.2 Å². The van der Waals surface area contributed by atoms with E-state index in [9.17, 15) is 8.42 Å². The van der Waals surface area contributed by atoms with Crippen LogP contribution in [0.25, 0.3) is 0 Å². The van der Waals surface area contributed by atoms with Crippen molar-refractivity contribution in [1.29, 1.82) is 0 Å². The Morgan fingerprint density at radius 1 is 1.55 bits per heavy atom. The molecule has 60 valence electrons. The van der Waals surface area contributed by atoms with Crippen LogP contribution in [-0.2, 0) is 10.1 Å². The highest BCUT2D eigenvalue weighted by Gasteiger charge is 2.18. The van der Waals surface area contributed by atoms with E-state index in [0.717, 1.165) is 0 Å². The van der Waals surface area contributed by atoms with E-state index >= 15 is 0 Å². The molecule has 5 heteroatoms. The Hall–Kier alpha value is -0.520. The second-order valence-electron chi connectivity index (χ2n) is 2.06. The smallest absolute Gasteiger partial charge is 0.282 e. The van der Waals surface area contributed by atoms with Gasteiger partial charge in [0.05, 0.1) is 0 Å². The molecule has 0 heterocycles. The minimum absolute atomic E-state index is 0.157. The van der Waals surface area contributed by atoms with Gasteiger partial charge in [-0.15, -0.1) is 0 Å². The molecule has 0 atom stereocenters. The summed E-state index contributed by atoms with van der Waals surface area (Å²) in [5.41, 5.74) is 0. The minimum atomic E-state index is -4.11. The maximum Gasteiger partial charge on any atom is 0.295 e. The van der Waals surface area contributed by atoms with Crippen LogP contribution in [0.15, 0.2) is 23.1 Å². The third-order valence-corrected chi connectivity index (χ3v) is 2.69. The third kappa shape index (κ3) is 1.95. The molecule has 0 spiro atoms. The van der Waals surface area contributed by atoms with Gasteiger partial charge in [-0.3, -0.25) is 4.55 Å². The van der Waals surface area contributed by atoms with E-state index in [1.807, 2.05) is 0 Å². The quantitative estimate of drug-likeness (QED) is 0.496. The van der Waals surface area contributed by atoms with Gasteiger partial charge in [0.1, 0.15) is 4.91 Å². The molecule has 0 aromatic heterocycles. The summed E-state index contributed by atoms with van der Waals surface area (Å²) in [6.07, 6.45) is 4.98. The van der Waals surface area contributed by atoms with Crippen LogP contribution in [0.3, 0.4) is 0 Å². The van der Waals surface area contributed by atoms with Crippen LogP contribution >= 0.6 is 12.2 Å². The highest BCUT2D eigenvalue weighted by atomic mass is 32.2. The van der Waals surface area contributed by atoms with E-state index < -0.39 is 10.1 Å². The second kappa shape index (κ2) is 2.84. The fourth-order valence-corrected chi connectivity index (χ4v) is 1.86. The van der Waals surface area contributed by atoms with Crippen molar-refractivity contribution >= 4 is 27.2 Å². The molecule has 0 bridgehead atoms. The lowest BCUT2D eigenvalue weighted by atomic mass is 10.2. The molecule has 0 radical (unpaired) electrons. The zero-order valence-electron chi connectivity index (χ0n) is 5.52. The van der Waals surface area contributed by atoms with Crippen LogP contribution in [0.4, 0.5) is 0 Å². The van der Waals surface area contributed by atoms with E-state index in [2.05, 4.69) is 0 Å². The molecule has 0 aliphatic heterocycles. The average molecular weight is 190 g/mol. The molecule has 0 aromatic carbocycles. The lowest BCUT2D eigenvalue weighted by Gasteiger charge is -2.05. The number of rotatable bonds is 1. The zero-order valence-corrected chi connectivity index (χ0v) is 7.15. The summed E-state index contributed by atoms with van der Waals surface area (Å²) < 4.78 is 29.7. The zero-order chi connectivity index (χ0) is 8.48. The molecule has 1 aliphatic rings. The fraction of sp³-hybridized carbons (Fsp3) is 0.167. The van der Waals surface area contributed by atoms with E-state index in [1.165, 1.54) is 6.08 Å². The molecule has 11 heavy (non-hydrogen) atoms. The predicted octanol–water partition coefficient (Wildman–Crippen LogP) is 1.09. The van der Waals surface area contributed by atoms with Crippen molar-refractivity contribution in [1.82, 2.24) is 0 Å². The second-order valence-corrected chi connectivity index (χ2v) is 3.94. The van der Waals surface area contributed by atoms with Crippen LogP contribution in [-0.4, -0.2) is 17.8 Å². The van der Waals surface area contributed by atoms with Crippen molar-refractivity contribution in [2.45, 2.75) is 6.42 Å². The van der Waals surface area contributed by atoms with Gasteiger partial charge in [0, 0.05) is 11.3 Å². The van der Waals surface area contributed by atoms with Crippen molar-refractivity contribution < 1.29 is 13.0 Å². The average Bonchev–Trinajstić information content (AvgIpc) is 1.86. The van der Waals surface area contributed by atoms with Gasteiger partial charge in [-0.25, -0.2) is 0 Å². The van der Waals surface area contributed by atoms with E-state index in [4.69, 9.17) is 16.8 Å². The van der Waals surface area contributed by atoms with Crippen LogP contribution in [0.1, 0.15) is 6.42 Å². The number of allylic oxidation sites excluding steroid dienone is 4. The first-order chi connectivity index (χ1) is 5.02. The van der Waals surface area contributed by atoms with E-state index in [0.29, 0.717) is 6.42 Å². The summed E-state index contributed by atoms with van der Waals surface area (Å²) in [6, 6.07) is 0. The van der Waals surface area contributed by atoms with Crippen molar-refractivity contribution in [3.05, 3.63) is 23.1 Å². The Balaban J connectivity index is 3.14. The maximum atomic E-state index is 10.6. The molecular formula is C6H6O3S2. The molecule has 0 aromatic rings. The number of hydrogen-bond acceptors (Lipinski definition) is 3. The van der Waals surface area contributed by atoms with Crippen LogP contribution in [0.2, 0.25) is 0 Å². The summed E-state index contributed by atoms with van der Waals surface area (Å²) in [5, 5.41) is 0. The number of hydrogen-bond donors (Lipinski definition) is 1. The van der Waals surface area contributed by atoms with Gasteiger partial charge >= 0.3 is 0 Å². The third-order valence-electron chi connectivity index (χ3n) is 1.24. The van der Waals surface area contributed by atoms with Gasteiger partial charge in [-0.2, -0.15) is 8.42 Å². The summed E-state index contributed by atoms with van der Waals surface area (Å²) >= 11 is 4.72. The van der Waals surface area contributed by atoms with E-state index in [-0.39, 0.29) is 9.77 Å². The van der Waals surface area contributed by atoms with Crippen LogP contribution in [0, 0.1) is 0 Å². The van der Waals surface area contributed by atoms with Gasteiger partial charge in [0.15, 0.2) is 0 Å². The molecule has 1 N–H and O–H groups in total. The van der Waals surface area contributed by atoms with Crippen molar-refractivity contribution in [3.63, 3.8) is 0 Å². The lowest BCUT2D eigenvalue weighted by molar-refractivity contribution is 0.493. The van der Waals surface area contributed by atoms with Gasteiger partial charge in [0.2, 0.25) is 0 Å². The van der Waals surface area contributed by atoms with Gasteiger partial charge in [-0.05, 0) is 6.08 Å². The topological polar surface area (TPSA) is 54.4 Å². The molecule has 0 amide bonds. The molecule has 3 nitrogen and oxygen atoms in total. The summed E-state index contributed by atoms with van der Waals surface area (Å²) in [6.45, 7) is 0. The molecule has 0 fully saturated rings. The van der Waals surface area contributed by atoms with Crippen LogP contribution < -0.4 is 0 Å². The summed E-state index contributed by atoms with van der Waals surface area (Å²) in [7, 11) is -4.11. The molecule has 0 unspecified atom stereocenters. The standard InChI is InChI=1S/C6H6O3S2/c7-11(8,9)6-4-2-1-3-5(6)10/h1-2,4H,3H2,(H,7,8,9). The number of thiocarbonyl (C=S) groups is 1. The Morgan fingerprint density at radius 2 is 2.18 bits per heavy atom. The first-order valence-electron chi connectivity index (χ1n) is 2.89. The normalized spacial score (nSPS) is 18.3. The summed E-state index contributed by atoms with van der Waals surface area (Å²) in [5.74, 6) is 0. The molecule has 1 rings (SSSR count). The fourth-order valence-electron chi connectivity index (χ4n) is 0.754. The van der Waals surface area contributed by atoms with Crippen molar-refractivity contribution in [2.24, 2.45) is 0 Å².